The second-order valence-corrected chi connectivity index (χ2v) is 5.61. The second-order valence-electron chi connectivity index (χ2n) is 5.61. The summed E-state index contributed by atoms with van der Waals surface area (Å²) in [4.78, 5) is 11.5. The van der Waals surface area contributed by atoms with Gasteiger partial charge in [-0.05, 0) is 39.3 Å². The third kappa shape index (κ3) is 6.41. The largest absolute Gasteiger partial charge is 0.488 e. The lowest BCUT2D eigenvalue weighted by Gasteiger charge is -2.22. The van der Waals surface area contributed by atoms with E-state index in [9.17, 15) is 4.79 Å². The van der Waals surface area contributed by atoms with Crippen molar-refractivity contribution in [2.24, 2.45) is 0 Å². The number of esters is 1. The SMILES string of the molecule is CCCCOC(=O)C=Cc1ccccc1OC(C)(C)C. The summed E-state index contributed by atoms with van der Waals surface area (Å²) in [5.74, 6) is 0.446. The Morgan fingerprint density at radius 2 is 1.95 bits per heavy atom. The summed E-state index contributed by atoms with van der Waals surface area (Å²) in [7, 11) is 0. The molecule has 0 unspecified atom stereocenters. The number of unbranched alkanes of at least 4 members (excludes halogenated alkanes) is 1. The zero-order valence-electron chi connectivity index (χ0n) is 12.8. The van der Waals surface area contributed by atoms with Gasteiger partial charge in [0.15, 0.2) is 0 Å². The lowest BCUT2D eigenvalue weighted by molar-refractivity contribution is -0.137. The molecule has 1 aromatic rings. The first-order valence-corrected chi connectivity index (χ1v) is 7.05. The summed E-state index contributed by atoms with van der Waals surface area (Å²) < 4.78 is 10.9. The van der Waals surface area contributed by atoms with Crippen molar-refractivity contribution in [1.82, 2.24) is 0 Å². The van der Waals surface area contributed by atoms with E-state index in [-0.39, 0.29) is 11.6 Å². The van der Waals surface area contributed by atoms with Crippen LogP contribution >= 0.6 is 0 Å². The highest BCUT2D eigenvalue weighted by Gasteiger charge is 2.13. The normalized spacial score (nSPS) is 11.6. The van der Waals surface area contributed by atoms with E-state index in [0.29, 0.717) is 6.61 Å². The quantitative estimate of drug-likeness (QED) is 0.443. The van der Waals surface area contributed by atoms with Gasteiger partial charge in [0.1, 0.15) is 11.4 Å². The summed E-state index contributed by atoms with van der Waals surface area (Å²) in [5.41, 5.74) is 0.598. The lowest BCUT2D eigenvalue weighted by Crippen LogP contribution is -2.23. The Labute approximate surface area is 121 Å². The van der Waals surface area contributed by atoms with Crippen molar-refractivity contribution in [1.29, 1.82) is 0 Å². The molecular formula is C17H24O3. The Balaban J connectivity index is 2.69. The van der Waals surface area contributed by atoms with Gasteiger partial charge >= 0.3 is 5.97 Å². The fourth-order valence-electron chi connectivity index (χ4n) is 1.56. The number of para-hydroxylation sites is 1. The second kappa shape index (κ2) is 7.73. The molecule has 20 heavy (non-hydrogen) atoms. The Bertz CT molecular complexity index is 456. The molecule has 0 atom stereocenters. The first-order chi connectivity index (χ1) is 9.42. The average molecular weight is 276 g/mol. The van der Waals surface area contributed by atoms with Gasteiger partial charge < -0.3 is 9.47 Å². The molecule has 0 aliphatic carbocycles. The molecule has 0 spiro atoms. The first kappa shape index (κ1) is 16.3. The van der Waals surface area contributed by atoms with Crippen molar-refractivity contribution >= 4 is 12.0 Å². The predicted octanol–water partition coefficient (Wildman–Crippen LogP) is 4.22. The number of benzene rings is 1. The molecule has 0 amide bonds. The van der Waals surface area contributed by atoms with Gasteiger partial charge in [-0.1, -0.05) is 31.5 Å². The molecular weight excluding hydrogens is 252 g/mol. The molecule has 0 aliphatic rings. The molecule has 0 heterocycles. The summed E-state index contributed by atoms with van der Waals surface area (Å²) in [6.07, 6.45) is 5.08. The Hall–Kier alpha value is -1.77. The molecule has 0 fully saturated rings. The van der Waals surface area contributed by atoms with Crippen molar-refractivity contribution in [2.75, 3.05) is 6.61 Å². The van der Waals surface area contributed by atoms with Crippen LogP contribution in [-0.4, -0.2) is 18.2 Å². The molecule has 3 nitrogen and oxygen atoms in total. The Kier molecular flexibility index (Phi) is 6.29. The van der Waals surface area contributed by atoms with Crippen molar-refractivity contribution in [3.8, 4) is 5.75 Å². The number of rotatable bonds is 6. The number of carbonyl (C=O) groups is 1. The topological polar surface area (TPSA) is 35.5 Å². The highest BCUT2D eigenvalue weighted by molar-refractivity contribution is 5.87. The van der Waals surface area contributed by atoms with Gasteiger partial charge in [-0.25, -0.2) is 4.79 Å². The smallest absolute Gasteiger partial charge is 0.330 e. The van der Waals surface area contributed by atoms with Gasteiger partial charge in [-0.15, -0.1) is 0 Å². The van der Waals surface area contributed by atoms with Crippen LogP contribution in [0.4, 0.5) is 0 Å². The minimum Gasteiger partial charge on any atom is -0.488 e. The van der Waals surface area contributed by atoms with Crippen LogP contribution in [-0.2, 0) is 9.53 Å². The van der Waals surface area contributed by atoms with Crippen LogP contribution in [0.5, 0.6) is 5.75 Å². The standard InChI is InChI=1S/C17H24O3/c1-5-6-13-19-16(18)12-11-14-9-7-8-10-15(14)20-17(2,3)4/h7-12H,5-6,13H2,1-4H3. The van der Waals surface area contributed by atoms with Gasteiger partial charge in [0.25, 0.3) is 0 Å². The fourth-order valence-corrected chi connectivity index (χ4v) is 1.56. The molecule has 0 radical (unpaired) electrons. The Morgan fingerprint density at radius 1 is 1.25 bits per heavy atom. The third-order valence-electron chi connectivity index (χ3n) is 2.48. The maximum Gasteiger partial charge on any atom is 0.330 e. The zero-order valence-corrected chi connectivity index (χ0v) is 12.8. The van der Waals surface area contributed by atoms with Crippen LogP contribution in [0.1, 0.15) is 46.1 Å². The van der Waals surface area contributed by atoms with Crippen molar-refractivity contribution < 1.29 is 14.3 Å². The maximum absolute atomic E-state index is 11.5. The molecule has 1 aromatic carbocycles. The van der Waals surface area contributed by atoms with Crippen LogP contribution in [0.15, 0.2) is 30.3 Å². The molecule has 0 aliphatic heterocycles. The lowest BCUT2D eigenvalue weighted by atomic mass is 10.1. The van der Waals surface area contributed by atoms with E-state index in [1.807, 2.05) is 45.0 Å². The van der Waals surface area contributed by atoms with E-state index in [1.54, 1.807) is 6.08 Å². The van der Waals surface area contributed by atoms with Gasteiger partial charge in [0.05, 0.1) is 6.61 Å². The fraction of sp³-hybridized carbons (Fsp3) is 0.471. The highest BCUT2D eigenvalue weighted by atomic mass is 16.5. The third-order valence-corrected chi connectivity index (χ3v) is 2.48. The molecule has 0 saturated carbocycles. The van der Waals surface area contributed by atoms with Gasteiger partial charge in [0.2, 0.25) is 0 Å². The minimum absolute atomic E-state index is 0.272. The van der Waals surface area contributed by atoms with Crippen molar-refractivity contribution in [3.05, 3.63) is 35.9 Å². The summed E-state index contributed by atoms with van der Waals surface area (Å²) >= 11 is 0. The zero-order chi connectivity index (χ0) is 15.0. The van der Waals surface area contributed by atoms with Gasteiger partial charge in [-0.3, -0.25) is 0 Å². The van der Waals surface area contributed by atoms with Crippen LogP contribution in [0.2, 0.25) is 0 Å². The van der Waals surface area contributed by atoms with E-state index in [4.69, 9.17) is 9.47 Å². The predicted molar refractivity (Wildman–Crippen MR) is 81.7 cm³/mol. The summed E-state index contributed by atoms with van der Waals surface area (Å²) in [6.45, 7) is 8.51. The average Bonchev–Trinajstić information content (AvgIpc) is 2.36. The summed E-state index contributed by atoms with van der Waals surface area (Å²) in [5, 5.41) is 0. The van der Waals surface area contributed by atoms with E-state index in [2.05, 4.69) is 6.92 Å². The number of hydrogen-bond acceptors (Lipinski definition) is 3. The van der Waals surface area contributed by atoms with E-state index >= 15 is 0 Å². The van der Waals surface area contributed by atoms with Crippen molar-refractivity contribution in [3.63, 3.8) is 0 Å². The monoisotopic (exact) mass is 276 g/mol. The van der Waals surface area contributed by atoms with Crippen LogP contribution in [0, 0.1) is 0 Å². The Morgan fingerprint density at radius 3 is 2.60 bits per heavy atom. The highest BCUT2D eigenvalue weighted by Crippen LogP contribution is 2.24. The van der Waals surface area contributed by atoms with E-state index in [1.165, 1.54) is 6.08 Å². The van der Waals surface area contributed by atoms with E-state index in [0.717, 1.165) is 24.2 Å². The van der Waals surface area contributed by atoms with Gasteiger partial charge in [-0.2, -0.15) is 0 Å². The van der Waals surface area contributed by atoms with Crippen molar-refractivity contribution in [2.45, 2.75) is 46.1 Å². The van der Waals surface area contributed by atoms with Gasteiger partial charge in [0, 0.05) is 11.6 Å². The number of hydrogen-bond donors (Lipinski definition) is 0. The first-order valence-electron chi connectivity index (χ1n) is 7.05. The summed E-state index contributed by atoms with van der Waals surface area (Å²) in [6, 6.07) is 7.64. The number of carbonyl (C=O) groups excluding carboxylic acids is 1. The van der Waals surface area contributed by atoms with Crippen LogP contribution < -0.4 is 4.74 Å². The minimum atomic E-state index is -0.316. The molecule has 3 heteroatoms. The molecule has 0 bridgehead atoms. The molecule has 0 saturated heterocycles. The maximum atomic E-state index is 11.5. The molecule has 0 aromatic heterocycles. The van der Waals surface area contributed by atoms with Crippen LogP contribution in [0.25, 0.3) is 6.08 Å². The number of ether oxygens (including phenoxy) is 2. The molecule has 0 N–H and O–H groups in total. The molecule has 110 valence electrons. The molecule has 1 rings (SSSR count). The van der Waals surface area contributed by atoms with Crippen LogP contribution in [0.3, 0.4) is 0 Å². The van der Waals surface area contributed by atoms with E-state index < -0.39 is 0 Å².